The maximum atomic E-state index is 10.9. The van der Waals surface area contributed by atoms with Crippen LogP contribution in [0, 0.1) is 0 Å². The van der Waals surface area contributed by atoms with Crippen LogP contribution in [0.3, 0.4) is 0 Å². The molecule has 0 saturated carbocycles. The van der Waals surface area contributed by atoms with Gasteiger partial charge in [-0.15, -0.1) is 0 Å². The molecule has 0 aliphatic heterocycles. The third-order valence-electron chi connectivity index (χ3n) is 1.64. The predicted molar refractivity (Wildman–Crippen MR) is 41.2 cm³/mol. The lowest BCUT2D eigenvalue weighted by atomic mass is 9.98. The standard InChI is InChI=1S/C8H10O4/c1-11-7(9)5-3-4-6(5)8(10)12-2/h3-4,7,9H,1-2H3. The van der Waals surface area contributed by atoms with E-state index >= 15 is 0 Å². The summed E-state index contributed by atoms with van der Waals surface area (Å²) in [7, 11) is 2.65. The van der Waals surface area contributed by atoms with Crippen LogP contribution in [0.15, 0.2) is 23.3 Å². The van der Waals surface area contributed by atoms with Crippen molar-refractivity contribution in [1.82, 2.24) is 0 Å². The van der Waals surface area contributed by atoms with Gasteiger partial charge in [0.05, 0.1) is 12.7 Å². The molecule has 1 unspecified atom stereocenters. The van der Waals surface area contributed by atoms with E-state index in [1.807, 2.05) is 0 Å². The molecule has 1 atom stereocenters. The Labute approximate surface area is 70.1 Å². The molecule has 0 aromatic heterocycles. The topological polar surface area (TPSA) is 55.8 Å². The fourth-order valence-electron chi connectivity index (χ4n) is 0.901. The maximum absolute atomic E-state index is 10.9. The summed E-state index contributed by atoms with van der Waals surface area (Å²) < 4.78 is 9.08. The Balaban J connectivity index is 2.71. The van der Waals surface area contributed by atoms with Gasteiger partial charge in [-0.1, -0.05) is 6.08 Å². The second kappa shape index (κ2) is 3.51. The Kier molecular flexibility index (Phi) is 2.62. The average molecular weight is 170 g/mol. The molecule has 4 nitrogen and oxygen atoms in total. The van der Waals surface area contributed by atoms with E-state index < -0.39 is 12.3 Å². The minimum atomic E-state index is -1.04. The zero-order valence-corrected chi connectivity index (χ0v) is 6.90. The summed E-state index contributed by atoms with van der Waals surface area (Å²) in [6, 6.07) is 0. The van der Waals surface area contributed by atoms with Gasteiger partial charge in [0, 0.05) is 12.7 Å². The number of esters is 1. The zero-order valence-electron chi connectivity index (χ0n) is 6.90. The highest BCUT2D eigenvalue weighted by Gasteiger charge is 2.23. The lowest BCUT2D eigenvalue weighted by molar-refractivity contribution is -0.136. The highest BCUT2D eigenvalue weighted by atomic mass is 16.6. The first kappa shape index (κ1) is 8.96. The molecular formula is C8H10O4. The van der Waals surface area contributed by atoms with Gasteiger partial charge in [0.2, 0.25) is 0 Å². The van der Waals surface area contributed by atoms with Crippen molar-refractivity contribution in [3.63, 3.8) is 0 Å². The summed E-state index contributed by atoms with van der Waals surface area (Å²) in [6.07, 6.45) is 2.15. The van der Waals surface area contributed by atoms with Crippen molar-refractivity contribution in [2.45, 2.75) is 6.29 Å². The van der Waals surface area contributed by atoms with E-state index in [1.165, 1.54) is 14.2 Å². The first-order valence-corrected chi connectivity index (χ1v) is 3.42. The number of hydrogen-bond donors (Lipinski definition) is 1. The highest BCUT2D eigenvalue weighted by Crippen LogP contribution is 2.23. The van der Waals surface area contributed by atoms with Gasteiger partial charge in [-0.3, -0.25) is 0 Å². The molecule has 0 spiro atoms. The van der Waals surface area contributed by atoms with E-state index in [1.54, 1.807) is 12.2 Å². The number of aliphatic hydroxyl groups excluding tert-OH is 1. The monoisotopic (exact) mass is 170 g/mol. The molecule has 66 valence electrons. The fraction of sp³-hybridized carbons (Fsp3) is 0.375. The molecule has 0 fully saturated rings. The minimum absolute atomic E-state index is 0.367. The van der Waals surface area contributed by atoms with E-state index in [9.17, 15) is 4.79 Å². The van der Waals surface area contributed by atoms with Gasteiger partial charge >= 0.3 is 5.97 Å². The van der Waals surface area contributed by atoms with Crippen molar-refractivity contribution in [3.8, 4) is 0 Å². The lowest BCUT2D eigenvalue weighted by Crippen LogP contribution is -2.20. The Morgan fingerprint density at radius 3 is 2.50 bits per heavy atom. The van der Waals surface area contributed by atoms with Gasteiger partial charge in [-0.05, 0) is 6.08 Å². The molecule has 0 amide bonds. The summed E-state index contributed by atoms with van der Waals surface area (Å²) in [4.78, 5) is 10.9. The summed E-state index contributed by atoms with van der Waals surface area (Å²) in [5.41, 5.74) is 0.830. The number of methoxy groups -OCH3 is 2. The fourth-order valence-corrected chi connectivity index (χ4v) is 0.901. The van der Waals surface area contributed by atoms with E-state index in [2.05, 4.69) is 9.47 Å². The van der Waals surface area contributed by atoms with Crippen molar-refractivity contribution < 1.29 is 19.4 Å². The SMILES string of the molecule is COC(=O)C1=C(C(O)OC)C=C1. The molecule has 0 saturated heterocycles. The van der Waals surface area contributed by atoms with Crippen LogP contribution in [0.4, 0.5) is 0 Å². The molecule has 1 aliphatic carbocycles. The molecule has 1 aliphatic rings. The van der Waals surface area contributed by atoms with Crippen LogP contribution in [0.5, 0.6) is 0 Å². The van der Waals surface area contributed by atoms with Crippen molar-refractivity contribution in [2.75, 3.05) is 14.2 Å². The van der Waals surface area contributed by atoms with E-state index in [0.717, 1.165) is 0 Å². The molecule has 1 rings (SSSR count). The van der Waals surface area contributed by atoms with Gasteiger partial charge in [-0.2, -0.15) is 0 Å². The number of carbonyl (C=O) groups excluding carboxylic acids is 1. The number of hydrogen-bond acceptors (Lipinski definition) is 4. The van der Waals surface area contributed by atoms with Crippen LogP contribution in [-0.4, -0.2) is 31.6 Å². The number of aliphatic hydroxyl groups is 1. The average Bonchev–Trinajstić information content (AvgIpc) is 2.02. The van der Waals surface area contributed by atoms with Gasteiger partial charge in [0.15, 0.2) is 6.29 Å². The molecule has 1 N–H and O–H groups in total. The minimum Gasteiger partial charge on any atom is -0.465 e. The highest BCUT2D eigenvalue weighted by molar-refractivity contribution is 5.95. The largest absolute Gasteiger partial charge is 0.465 e. The van der Waals surface area contributed by atoms with Crippen LogP contribution in [-0.2, 0) is 14.3 Å². The van der Waals surface area contributed by atoms with Crippen LogP contribution < -0.4 is 0 Å². The van der Waals surface area contributed by atoms with Gasteiger partial charge in [-0.25, -0.2) is 4.79 Å². The second-order valence-electron chi connectivity index (χ2n) is 2.28. The first-order valence-electron chi connectivity index (χ1n) is 3.42. The first-order chi connectivity index (χ1) is 5.70. The number of carbonyl (C=O) groups is 1. The molecule has 12 heavy (non-hydrogen) atoms. The van der Waals surface area contributed by atoms with Gasteiger partial charge < -0.3 is 14.6 Å². The Morgan fingerprint density at radius 2 is 2.17 bits per heavy atom. The van der Waals surface area contributed by atoms with E-state index in [-0.39, 0.29) is 0 Å². The smallest absolute Gasteiger partial charge is 0.338 e. The van der Waals surface area contributed by atoms with Crippen LogP contribution in [0.25, 0.3) is 0 Å². The molecule has 0 aromatic rings. The predicted octanol–water partition coefficient (Wildman–Crippen LogP) is -0.00940. The third-order valence-corrected chi connectivity index (χ3v) is 1.64. The van der Waals surface area contributed by atoms with Gasteiger partial charge in [0.25, 0.3) is 0 Å². The quantitative estimate of drug-likeness (QED) is 0.478. The third kappa shape index (κ3) is 1.39. The molecular weight excluding hydrogens is 160 g/mol. The van der Waals surface area contributed by atoms with Crippen molar-refractivity contribution in [3.05, 3.63) is 23.3 Å². The lowest BCUT2D eigenvalue weighted by Gasteiger charge is -2.18. The van der Waals surface area contributed by atoms with Crippen LogP contribution >= 0.6 is 0 Å². The summed E-state index contributed by atoms with van der Waals surface area (Å²) in [5.74, 6) is -0.455. The summed E-state index contributed by atoms with van der Waals surface area (Å²) in [6.45, 7) is 0. The van der Waals surface area contributed by atoms with Crippen LogP contribution in [0.2, 0.25) is 0 Å². The van der Waals surface area contributed by atoms with Crippen molar-refractivity contribution in [2.24, 2.45) is 0 Å². The normalized spacial score (nSPS) is 17.2. The molecule has 4 heteroatoms. The Hall–Kier alpha value is -1.13. The van der Waals surface area contributed by atoms with E-state index in [4.69, 9.17) is 5.11 Å². The molecule has 0 radical (unpaired) electrons. The maximum Gasteiger partial charge on any atom is 0.338 e. The van der Waals surface area contributed by atoms with E-state index in [0.29, 0.717) is 11.1 Å². The van der Waals surface area contributed by atoms with Gasteiger partial charge in [0.1, 0.15) is 0 Å². The summed E-state index contributed by atoms with van der Waals surface area (Å²) in [5, 5.41) is 9.15. The zero-order chi connectivity index (χ0) is 9.14. The summed E-state index contributed by atoms with van der Waals surface area (Å²) >= 11 is 0. The number of rotatable bonds is 3. The second-order valence-corrected chi connectivity index (χ2v) is 2.28. The Morgan fingerprint density at radius 1 is 1.50 bits per heavy atom. The molecule has 0 bridgehead atoms. The number of ether oxygens (including phenoxy) is 2. The molecule has 0 heterocycles. The molecule has 0 aromatic carbocycles. The Bertz CT molecular complexity index is 252. The van der Waals surface area contributed by atoms with Crippen LogP contribution in [0.1, 0.15) is 0 Å². The van der Waals surface area contributed by atoms with Crippen molar-refractivity contribution >= 4 is 5.97 Å². The van der Waals surface area contributed by atoms with Crippen molar-refractivity contribution in [1.29, 1.82) is 0 Å².